The van der Waals surface area contributed by atoms with Gasteiger partial charge >= 0.3 is 7.12 Å². The fourth-order valence-electron chi connectivity index (χ4n) is 2.36. The lowest BCUT2D eigenvalue weighted by Crippen LogP contribution is -2.29. The third-order valence-electron chi connectivity index (χ3n) is 3.31. The van der Waals surface area contributed by atoms with Crippen LogP contribution in [0.5, 0.6) is 11.5 Å². The molecular weight excluding hydrogens is 401 g/mol. The Labute approximate surface area is 139 Å². The van der Waals surface area contributed by atoms with Gasteiger partial charge in [-0.2, -0.15) is 0 Å². The molecule has 1 unspecified atom stereocenters. The molecular formula is C14H12BBr2NO3. The van der Waals surface area contributed by atoms with E-state index in [1.165, 1.54) is 0 Å². The van der Waals surface area contributed by atoms with Crippen molar-refractivity contribution in [3.05, 3.63) is 50.9 Å². The highest BCUT2D eigenvalue weighted by molar-refractivity contribution is 9.10. The first kappa shape index (κ1) is 15.1. The highest BCUT2D eigenvalue weighted by atomic mass is 79.9. The van der Waals surface area contributed by atoms with Crippen LogP contribution in [0.1, 0.15) is 11.7 Å². The lowest BCUT2D eigenvalue weighted by atomic mass is 9.78. The monoisotopic (exact) mass is 411 g/mol. The van der Waals surface area contributed by atoms with Crippen LogP contribution in [0.25, 0.3) is 0 Å². The maximum absolute atomic E-state index is 10.1. The number of benzene rings is 2. The summed E-state index contributed by atoms with van der Waals surface area (Å²) >= 11 is 6.86. The molecule has 0 saturated carbocycles. The second-order valence-corrected chi connectivity index (χ2v) is 6.41. The van der Waals surface area contributed by atoms with Gasteiger partial charge in [-0.05, 0) is 42.0 Å². The van der Waals surface area contributed by atoms with Gasteiger partial charge in [0.05, 0.1) is 6.10 Å². The lowest BCUT2D eigenvalue weighted by Gasteiger charge is -2.13. The van der Waals surface area contributed by atoms with Crippen LogP contribution in [0, 0.1) is 0 Å². The largest absolute Gasteiger partial charge is 0.495 e. The van der Waals surface area contributed by atoms with Crippen molar-refractivity contribution in [1.82, 2.24) is 0 Å². The molecule has 1 atom stereocenters. The average molecular weight is 413 g/mol. The number of halogens is 2. The van der Waals surface area contributed by atoms with Gasteiger partial charge in [-0.15, -0.1) is 0 Å². The predicted octanol–water partition coefficient (Wildman–Crippen LogP) is 2.72. The van der Waals surface area contributed by atoms with Gasteiger partial charge in [-0.1, -0.05) is 31.9 Å². The summed E-state index contributed by atoms with van der Waals surface area (Å²) in [6, 6.07) is 11.2. The fourth-order valence-corrected chi connectivity index (χ4v) is 3.22. The van der Waals surface area contributed by atoms with E-state index in [0.717, 1.165) is 14.5 Å². The Morgan fingerprint density at radius 3 is 2.57 bits per heavy atom. The van der Waals surface area contributed by atoms with E-state index in [0.29, 0.717) is 23.5 Å². The molecule has 0 radical (unpaired) electrons. The smallest absolute Gasteiger partial charge is 0.458 e. The van der Waals surface area contributed by atoms with E-state index in [1.54, 1.807) is 6.07 Å². The number of fused-ring (bicyclic) bond motifs is 1. The van der Waals surface area contributed by atoms with Crippen molar-refractivity contribution in [2.75, 3.05) is 6.54 Å². The zero-order chi connectivity index (χ0) is 15.0. The summed E-state index contributed by atoms with van der Waals surface area (Å²) in [5, 5.41) is 10.1. The Morgan fingerprint density at radius 2 is 1.90 bits per heavy atom. The van der Waals surface area contributed by atoms with E-state index in [9.17, 15) is 5.02 Å². The molecule has 21 heavy (non-hydrogen) atoms. The molecule has 0 bridgehead atoms. The summed E-state index contributed by atoms with van der Waals surface area (Å²) in [6.45, 7) is 0.296. The van der Waals surface area contributed by atoms with Crippen LogP contribution in [0.15, 0.2) is 45.3 Å². The molecule has 0 saturated heterocycles. The Balaban J connectivity index is 2.01. The summed E-state index contributed by atoms with van der Waals surface area (Å²) in [6.07, 6.45) is -0.335. The maximum Gasteiger partial charge on any atom is 0.495 e. The first-order chi connectivity index (χ1) is 10.1. The number of hydrogen-bond acceptors (Lipinski definition) is 4. The summed E-state index contributed by atoms with van der Waals surface area (Å²) in [5.41, 5.74) is 7.17. The van der Waals surface area contributed by atoms with Crippen LogP contribution in [0.4, 0.5) is 0 Å². The second-order valence-electron chi connectivity index (χ2n) is 4.64. The van der Waals surface area contributed by atoms with Crippen molar-refractivity contribution in [3.8, 4) is 11.5 Å². The minimum atomic E-state index is -1.03. The molecule has 0 aliphatic carbocycles. The standard InChI is InChI=1S/C14H12BBr2NO3/c16-8-1-3-9(4-2-8)20-11-6-5-10(17)13-12(7-18)21-15(19)14(11)13/h1-6,12,19H,7,18H2. The normalized spacial score (nSPS) is 17.0. The maximum atomic E-state index is 10.1. The Kier molecular flexibility index (Phi) is 4.37. The number of hydrogen-bond donors (Lipinski definition) is 2. The topological polar surface area (TPSA) is 64.7 Å². The molecule has 3 rings (SSSR count). The predicted molar refractivity (Wildman–Crippen MR) is 88.8 cm³/mol. The van der Waals surface area contributed by atoms with Crippen molar-refractivity contribution < 1.29 is 14.4 Å². The summed E-state index contributed by atoms with van der Waals surface area (Å²) in [7, 11) is -1.03. The van der Waals surface area contributed by atoms with Crippen LogP contribution < -0.4 is 15.9 Å². The third-order valence-corrected chi connectivity index (χ3v) is 4.53. The van der Waals surface area contributed by atoms with Crippen molar-refractivity contribution in [3.63, 3.8) is 0 Å². The van der Waals surface area contributed by atoms with Crippen molar-refractivity contribution in [2.45, 2.75) is 6.10 Å². The Hall–Kier alpha value is -0.855. The highest BCUT2D eigenvalue weighted by Gasteiger charge is 2.39. The summed E-state index contributed by atoms with van der Waals surface area (Å²) < 4.78 is 13.2. The molecule has 0 amide bonds. The van der Waals surface area contributed by atoms with Crippen LogP contribution in [-0.4, -0.2) is 18.7 Å². The van der Waals surface area contributed by atoms with E-state index < -0.39 is 7.12 Å². The molecule has 4 nitrogen and oxygen atoms in total. The molecule has 7 heteroatoms. The zero-order valence-corrected chi connectivity index (χ0v) is 14.1. The van der Waals surface area contributed by atoms with Gasteiger partial charge in [-0.3, -0.25) is 0 Å². The molecule has 0 spiro atoms. The van der Waals surface area contributed by atoms with Crippen LogP contribution in [-0.2, 0) is 4.65 Å². The molecule has 1 heterocycles. The SMILES string of the molecule is NCC1OB(O)c2c(Oc3ccc(Br)cc3)ccc(Br)c21. The number of rotatable bonds is 3. The first-order valence-corrected chi connectivity index (χ1v) is 7.98. The van der Waals surface area contributed by atoms with Crippen LogP contribution in [0.2, 0.25) is 0 Å². The van der Waals surface area contributed by atoms with Crippen molar-refractivity contribution in [2.24, 2.45) is 5.73 Å². The zero-order valence-electron chi connectivity index (χ0n) is 10.9. The van der Waals surface area contributed by atoms with Gasteiger partial charge in [0.25, 0.3) is 0 Å². The average Bonchev–Trinajstić information content (AvgIpc) is 2.82. The van der Waals surface area contributed by atoms with Gasteiger partial charge in [0.1, 0.15) is 11.5 Å². The van der Waals surface area contributed by atoms with E-state index in [2.05, 4.69) is 31.9 Å². The quantitative estimate of drug-likeness (QED) is 0.761. The lowest BCUT2D eigenvalue weighted by molar-refractivity contribution is 0.197. The van der Waals surface area contributed by atoms with Crippen LogP contribution >= 0.6 is 31.9 Å². The number of nitrogens with two attached hydrogens (primary N) is 1. The minimum absolute atomic E-state index is 0.296. The van der Waals surface area contributed by atoms with E-state index >= 15 is 0 Å². The van der Waals surface area contributed by atoms with Crippen molar-refractivity contribution in [1.29, 1.82) is 0 Å². The molecule has 1 aliphatic rings. The minimum Gasteiger partial charge on any atom is -0.458 e. The third kappa shape index (κ3) is 2.89. The van der Waals surface area contributed by atoms with Gasteiger partial charge in [-0.25, -0.2) is 0 Å². The molecule has 2 aromatic carbocycles. The van der Waals surface area contributed by atoms with Gasteiger partial charge in [0.15, 0.2) is 0 Å². The number of ether oxygens (including phenoxy) is 1. The highest BCUT2D eigenvalue weighted by Crippen LogP contribution is 2.34. The van der Waals surface area contributed by atoms with Gasteiger partial charge in [0, 0.05) is 21.0 Å². The van der Waals surface area contributed by atoms with Crippen LogP contribution in [0.3, 0.4) is 0 Å². The summed E-state index contributed by atoms with van der Waals surface area (Å²) in [4.78, 5) is 0. The first-order valence-electron chi connectivity index (χ1n) is 6.39. The molecule has 3 N–H and O–H groups in total. The molecule has 0 fully saturated rings. The van der Waals surface area contributed by atoms with Gasteiger partial charge < -0.3 is 20.1 Å². The van der Waals surface area contributed by atoms with Crippen molar-refractivity contribution >= 4 is 44.4 Å². The Morgan fingerprint density at radius 1 is 1.19 bits per heavy atom. The summed E-state index contributed by atoms with van der Waals surface area (Å²) in [5.74, 6) is 1.25. The molecule has 1 aliphatic heterocycles. The molecule has 108 valence electrons. The van der Waals surface area contributed by atoms with E-state index in [1.807, 2.05) is 30.3 Å². The van der Waals surface area contributed by atoms with E-state index in [-0.39, 0.29) is 6.10 Å². The molecule has 2 aromatic rings. The Bertz CT molecular complexity index is 666. The van der Waals surface area contributed by atoms with E-state index in [4.69, 9.17) is 15.1 Å². The fraction of sp³-hybridized carbons (Fsp3) is 0.143. The second kappa shape index (κ2) is 6.10. The van der Waals surface area contributed by atoms with Gasteiger partial charge in [0.2, 0.25) is 0 Å². The molecule has 0 aromatic heterocycles.